The highest BCUT2D eigenvalue weighted by atomic mass is 19.1. The first-order chi connectivity index (χ1) is 24.9. The molecule has 1 fully saturated rings. The summed E-state index contributed by atoms with van der Waals surface area (Å²) in [4.78, 5) is 37.8. The van der Waals surface area contributed by atoms with Crippen molar-refractivity contribution in [1.29, 1.82) is 0 Å². The maximum absolute atomic E-state index is 15.6. The van der Waals surface area contributed by atoms with Crippen LogP contribution in [0.3, 0.4) is 0 Å². The maximum Gasteiger partial charge on any atom is 0.254 e. The Labute approximate surface area is 306 Å². The fourth-order valence-corrected chi connectivity index (χ4v) is 5.03. The molecule has 0 spiro atoms. The molecule has 2 aliphatic rings. The van der Waals surface area contributed by atoms with Gasteiger partial charge in [0.2, 0.25) is 11.8 Å². The molecule has 4 N–H and O–H groups in total. The van der Waals surface area contributed by atoms with Crippen LogP contribution in [0.25, 0.3) is 0 Å². The highest BCUT2D eigenvalue weighted by Gasteiger charge is 2.51. The number of benzene rings is 1. The third kappa shape index (κ3) is 12.7. The van der Waals surface area contributed by atoms with Crippen molar-refractivity contribution in [1.82, 2.24) is 20.9 Å². The van der Waals surface area contributed by atoms with E-state index in [0.717, 1.165) is 32.1 Å². The van der Waals surface area contributed by atoms with Crippen molar-refractivity contribution in [3.05, 3.63) is 90.2 Å². The molecule has 2 unspecified atom stereocenters. The van der Waals surface area contributed by atoms with Crippen molar-refractivity contribution in [3.8, 4) is 0 Å². The van der Waals surface area contributed by atoms with E-state index in [1.165, 1.54) is 56.8 Å². The zero-order valence-electron chi connectivity index (χ0n) is 31.5. The Morgan fingerprint density at radius 2 is 1.85 bits per heavy atom. The van der Waals surface area contributed by atoms with Crippen LogP contribution in [0.2, 0.25) is 0 Å². The summed E-state index contributed by atoms with van der Waals surface area (Å²) in [6.45, 7) is 18.2. The van der Waals surface area contributed by atoms with Crippen LogP contribution in [0.5, 0.6) is 0 Å². The fraction of sp³-hybridized carbons (Fsp3) is 0.474. The molecule has 14 heteroatoms. The van der Waals surface area contributed by atoms with Gasteiger partial charge in [0.05, 0.1) is 20.1 Å². The molecule has 0 saturated heterocycles. The minimum Gasteiger partial charge on any atom is -0.492 e. The SMILES string of the molecule is C=C/C=C(\C=C(\F)C(C)OC1=C(C)C(/N=C(/OCCCN(CC)CC)C(=C)OC)N=CN1)NC(=O)C1(C(=O)Nc2ccc(F)cc2)CCC1.CNC. The number of nitrogens with zero attached hydrogens (tertiary/aromatic N) is 3. The zero-order chi connectivity index (χ0) is 38.7. The summed E-state index contributed by atoms with van der Waals surface area (Å²) in [5.74, 6) is -1.57. The number of nitrogens with one attached hydrogen (secondary N) is 4. The quantitative estimate of drug-likeness (QED) is 0.0377. The molecule has 2 atom stereocenters. The van der Waals surface area contributed by atoms with Gasteiger partial charge in [-0.15, -0.1) is 0 Å². The van der Waals surface area contributed by atoms with Crippen LogP contribution < -0.4 is 21.3 Å². The molecule has 52 heavy (non-hydrogen) atoms. The van der Waals surface area contributed by atoms with Gasteiger partial charge < -0.3 is 40.4 Å². The second-order valence-electron chi connectivity index (χ2n) is 12.1. The Kier molecular flexibility index (Phi) is 18.5. The second-order valence-corrected chi connectivity index (χ2v) is 12.1. The standard InChI is InChI=1S/C36H48F2N6O5.C2H7N/c1-8-13-29(42-35(46)36(18-11-19-36)34(45)41-28-16-14-27(37)15-17-28)22-30(38)25(5)49-32-24(4)31(39-23-40-32)43-33(26(6)47-7)48-21-12-20-44(9-2)10-3;1-3-2/h8,13-17,22-23,25,31H,1,6,9-12,18-21H2,2-5,7H3,(H,39,40)(H,41,45)(H,42,46);3H,1-2H3/b29-13+,30-22+,43-33+;. The normalized spacial score (nSPS) is 17.5. The van der Waals surface area contributed by atoms with E-state index in [2.05, 4.69) is 63.2 Å². The lowest BCUT2D eigenvalue weighted by Crippen LogP contribution is -2.53. The molecule has 3 rings (SSSR count). The number of rotatable bonds is 18. The molecule has 0 aromatic heterocycles. The summed E-state index contributed by atoms with van der Waals surface area (Å²) >= 11 is 0. The lowest BCUT2D eigenvalue weighted by atomic mass is 9.67. The van der Waals surface area contributed by atoms with E-state index in [1.807, 2.05) is 14.1 Å². The Morgan fingerprint density at radius 3 is 2.40 bits per heavy atom. The lowest BCUT2D eigenvalue weighted by molar-refractivity contribution is -0.145. The van der Waals surface area contributed by atoms with Crippen LogP contribution in [0, 0.1) is 11.2 Å². The number of anilines is 1. The van der Waals surface area contributed by atoms with Crippen LogP contribution in [0.1, 0.15) is 53.4 Å². The van der Waals surface area contributed by atoms with E-state index in [4.69, 9.17) is 14.2 Å². The van der Waals surface area contributed by atoms with Crippen molar-refractivity contribution in [2.24, 2.45) is 15.4 Å². The highest BCUT2D eigenvalue weighted by Crippen LogP contribution is 2.42. The summed E-state index contributed by atoms with van der Waals surface area (Å²) in [7, 11) is 5.23. The number of amides is 2. The maximum atomic E-state index is 15.6. The van der Waals surface area contributed by atoms with Crippen molar-refractivity contribution in [2.45, 2.75) is 65.6 Å². The highest BCUT2D eigenvalue weighted by molar-refractivity contribution is 6.11. The zero-order valence-corrected chi connectivity index (χ0v) is 31.5. The lowest BCUT2D eigenvalue weighted by Gasteiger charge is -2.38. The van der Waals surface area contributed by atoms with E-state index in [0.29, 0.717) is 37.1 Å². The molecular formula is C38H55F2N7O5. The Hall–Kier alpha value is -4.82. The first-order valence-corrected chi connectivity index (χ1v) is 17.4. The molecule has 12 nitrogen and oxygen atoms in total. The number of ether oxygens (including phenoxy) is 3. The topological polar surface area (TPSA) is 138 Å². The summed E-state index contributed by atoms with van der Waals surface area (Å²) in [6.07, 6.45) is 5.56. The van der Waals surface area contributed by atoms with Gasteiger partial charge in [-0.3, -0.25) is 9.59 Å². The number of hydrogen-bond acceptors (Lipinski definition) is 10. The number of aliphatic imine (C=N–C) groups is 2. The fourth-order valence-electron chi connectivity index (χ4n) is 5.03. The Morgan fingerprint density at radius 1 is 1.19 bits per heavy atom. The number of methoxy groups -OCH3 is 1. The third-order valence-corrected chi connectivity index (χ3v) is 8.34. The van der Waals surface area contributed by atoms with E-state index < -0.39 is 41.1 Å². The Bertz CT molecular complexity index is 1510. The number of carbonyl (C=O) groups excluding carboxylic acids is 2. The van der Waals surface area contributed by atoms with E-state index in [-0.39, 0.29) is 23.2 Å². The molecule has 1 aromatic carbocycles. The van der Waals surface area contributed by atoms with Crippen LogP contribution in [-0.4, -0.2) is 88.7 Å². The molecule has 1 heterocycles. The summed E-state index contributed by atoms with van der Waals surface area (Å²) in [5.41, 5.74) is -0.349. The van der Waals surface area contributed by atoms with E-state index >= 15 is 4.39 Å². The van der Waals surface area contributed by atoms with Crippen molar-refractivity contribution in [2.75, 3.05) is 52.8 Å². The van der Waals surface area contributed by atoms with Gasteiger partial charge in [-0.25, -0.2) is 18.8 Å². The predicted molar refractivity (Wildman–Crippen MR) is 203 cm³/mol. The number of halogens is 2. The van der Waals surface area contributed by atoms with E-state index in [1.54, 1.807) is 6.92 Å². The van der Waals surface area contributed by atoms with Gasteiger partial charge in [0.1, 0.15) is 23.2 Å². The molecule has 1 saturated carbocycles. The first-order valence-electron chi connectivity index (χ1n) is 17.4. The minimum absolute atomic E-state index is 0.0843. The molecule has 0 radical (unpaired) electrons. The largest absolute Gasteiger partial charge is 0.492 e. The average molecular weight is 728 g/mol. The predicted octanol–water partition coefficient (Wildman–Crippen LogP) is 5.71. The average Bonchev–Trinajstić information content (AvgIpc) is 3.09. The molecule has 1 aliphatic carbocycles. The van der Waals surface area contributed by atoms with Gasteiger partial charge in [0, 0.05) is 23.5 Å². The Balaban J connectivity index is 0.00000301. The summed E-state index contributed by atoms with van der Waals surface area (Å²) < 4.78 is 46.0. The summed E-state index contributed by atoms with van der Waals surface area (Å²) in [6, 6.07) is 5.26. The number of allylic oxidation sites excluding steroid dienone is 3. The smallest absolute Gasteiger partial charge is 0.254 e. The molecular weight excluding hydrogens is 672 g/mol. The van der Waals surface area contributed by atoms with Crippen LogP contribution in [0.15, 0.2) is 94.4 Å². The monoisotopic (exact) mass is 727 g/mol. The van der Waals surface area contributed by atoms with Gasteiger partial charge in [-0.1, -0.05) is 39.5 Å². The van der Waals surface area contributed by atoms with Crippen molar-refractivity contribution < 1.29 is 32.6 Å². The minimum atomic E-state index is -1.36. The van der Waals surface area contributed by atoms with Crippen LogP contribution in [0.4, 0.5) is 14.5 Å². The van der Waals surface area contributed by atoms with Crippen LogP contribution in [-0.2, 0) is 23.8 Å². The molecule has 2 amide bonds. The summed E-state index contributed by atoms with van der Waals surface area (Å²) in [5, 5.41) is 11.0. The van der Waals surface area contributed by atoms with Gasteiger partial charge in [0.25, 0.3) is 5.90 Å². The number of carbonyl (C=O) groups is 2. The van der Waals surface area contributed by atoms with Gasteiger partial charge >= 0.3 is 0 Å². The van der Waals surface area contributed by atoms with Crippen molar-refractivity contribution in [3.63, 3.8) is 0 Å². The van der Waals surface area contributed by atoms with Crippen molar-refractivity contribution >= 4 is 29.7 Å². The van der Waals surface area contributed by atoms with Gasteiger partial charge in [0.15, 0.2) is 17.8 Å². The molecule has 1 aliphatic heterocycles. The van der Waals surface area contributed by atoms with E-state index in [9.17, 15) is 14.0 Å². The molecule has 286 valence electrons. The molecule has 0 bridgehead atoms. The first kappa shape index (κ1) is 43.3. The van der Waals surface area contributed by atoms with Gasteiger partial charge in [-0.05, 0) is 96.7 Å². The second kappa shape index (κ2) is 22.2. The molecule has 1 aromatic rings. The van der Waals surface area contributed by atoms with Crippen LogP contribution >= 0.6 is 0 Å². The third-order valence-electron chi connectivity index (χ3n) is 8.34. The number of hydrogen-bond donors (Lipinski definition) is 4. The van der Waals surface area contributed by atoms with Gasteiger partial charge in [-0.2, -0.15) is 0 Å².